The van der Waals surface area contributed by atoms with Crippen LogP contribution in [0.25, 0.3) is 0 Å². The minimum atomic E-state index is 0.0254. The molecule has 0 spiro atoms. The van der Waals surface area contributed by atoms with Gasteiger partial charge in [0.05, 0.1) is 20.0 Å². The van der Waals surface area contributed by atoms with Crippen molar-refractivity contribution in [3.63, 3.8) is 0 Å². The lowest BCUT2D eigenvalue weighted by molar-refractivity contribution is -0.118. The van der Waals surface area contributed by atoms with Gasteiger partial charge in [0.1, 0.15) is 0 Å². The van der Waals surface area contributed by atoms with E-state index in [4.69, 9.17) is 32.7 Å². The largest absolute Gasteiger partial charge is 0.493 e. The fourth-order valence-corrected chi connectivity index (χ4v) is 3.92. The number of halogens is 2. The summed E-state index contributed by atoms with van der Waals surface area (Å²) in [6.45, 7) is 0.634. The molecular formula is C20H23Cl2NO3S. The van der Waals surface area contributed by atoms with Crippen molar-refractivity contribution in [3.05, 3.63) is 57.6 Å². The van der Waals surface area contributed by atoms with Gasteiger partial charge in [-0.3, -0.25) is 4.79 Å². The summed E-state index contributed by atoms with van der Waals surface area (Å²) < 4.78 is 10.5. The molecule has 2 aromatic rings. The summed E-state index contributed by atoms with van der Waals surface area (Å²) in [5.41, 5.74) is 2.13. The molecular weight excluding hydrogens is 405 g/mol. The van der Waals surface area contributed by atoms with Gasteiger partial charge in [-0.15, -0.1) is 11.8 Å². The van der Waals surface area contributed by atoms with Gasteiger partial charge < -0.3 is 14.8 Å². The number of amides is 1. The Balaban J connectivity index is 1.66. The van der Waals surface area contributed by atoms with E-state index in [0.29, 0.717) is 33.8 Å². The Morgan fingerprint density at radius 1 is 1.07 bits per heavy atom. The lowest BCUT2D eigenvalue weighted by atomic mass is 10.1. The number of aryl methyl sites for hydroxylation is 1. The van der Waals surface area contributed by atoms with Crippen molar-refractivity contribution in [2.24, 2.45) is 0 Å². The second kappa shape index (κ2) is 11.3. The minimum absolute atomic E-state index is 0.0254. The number of hydrogen-bond donors (Lipinski definition) is 1. The first-order chi connectivity index (χ1) is 13.0. The maximum Gasteiger partial charge on any atom is 0.230 e. The van der Waals surface area contributed by atoms with Crippen LogP contribution in [0.2, 0.25) is 10.0 Å². The summed E-state index contributed by atoms with van der Waals surface area (Å²) in [7, 11) is 3.24. The molecule has 0 aromatic heterocycles. The zero-order valence-corrected chi connectivity index (χ0v) is 17.7. The molecule has 7 heteroatoms. The Hall–Kier alpha value is -1.56. The molecule has 2 rings (SSSR count). The zero-order valence-electron chi connectivity index (χ0n) is 15.4. The summed E-state index contributed by atoms with van der Waals surface area (Å²) >= 11 is 13.5. The first kappa shape index (κ1) is 21.7. The summed E-state index contributed by atoms with van der Waals surface area (Å²) in [5, 5.41) is 4.19. The molecule has 1 amide bonds. The smallest absolute Gasteiger partial charge is 0.230 e. The number of ether oxygens (including phenoxy) is 2. The zero-order chi connectivity index (χ0) is 19.6. The fourth-order valence-electron chi connectivity index (χ4n) is 2.50. The SMILES string of the molecule is COc1ccc(CCCNC(=O)CSCc2ccc(Cl)cc2Cl)cc1OC. The number of rotatable bonds is 10. The number of carbonyl (C=O) groups is 1. The predicted molar refractivity (Wildman–Crippen MR) is 114 cm³/mol. The molecule has 0 saturated heterocycles. The molecule has 0 aliphatic heterocycles. The third-order valence-corrected chi connectivity index (χ3v) is 5.49. The summed E-state index contributed by atoms with van der Waals surface area (Å²) in [5.74, 6) is 2.53. The Morgan fingerprint density at radius 2 is 1.85 bits per heavy atom. The van der Waals surface area contributed by atoms with Crippen molar-refractivity contribution in [2.75, 3.05) is 26.5 Å². The Bertz CT molecular complexity index is 771. The lowest BCUT2D eigenvalue weighted by Crippen LogP contribution is -2.26. The molecule has 0 aliphatic rings. The predicted octanol–water partition coefficient (Wildman–Crippen LogP) is 4.99. The highest BCUT2D eigenvalue weighted by molar-refractivity contribution is 7.99. The normalized spacial score (nSPS) is 10.5. The van der Waals surface area contributed by atoms with Crippen molar-refractivity contribution in [1.82, 2.24) is 5.32 Å². The molecule has 27 heavy (non-hydrogen) atoms. The molecule has 0 heterocycles. The standard InChI is InChI=1S/C20H23Cl2NO3S/c1-25-18-8-5-14(10-19(18)26-2)4-3-9-23-20(24)13-27-12-15-6-7-16(21)11-17(15)22/h5-8,10-11H,3-4,9,12-13H2,1-2H3,(H,23,24). The molecule has 0 unspecified atom stereocenters. The molecule has 0 saturated carbocycles. The van der Waals surface area contributed by atoms with Gasteiger partial charge >= 0.3 is 0 Å². The van der Waals surface area contributed by atoms with E-state index in [1.807, 2.05) is 24.3 Å². The quantitative estimate of drug-likeness (QED) is 0.542. The highest BCUT2D eigenvalue weighted by Crippen LogP contribution is 2.28. The number of benzene rings is 2. The van der Waals surface area contributed by atoms with Gasteiger partial charge in [0.25, 0.3) is 0 Å². The van der Waals surface area contributed by atoms with Gasteiger partial charge in [-0.1, -0.05) is 35.3 Å². The molecule has 0 fully saturated rings. The first-order valence-corrected chi connectivity index (χ1v) is 10.4. The van der Waals surface area contributed by atoms with Gasteiger partial charge in [0, 0.05) is 22.3 Å². The van der Waals surface area contributed by atoms with Crippen LogP contribution in [0.4, 0.5) is 0 Å². The highest BCUT2D eigenvalue weighted by Gasteiger charge is 2.06. The fraction of sp³-hybridized carbons (Fsp3) is 0.350. The average Bonchev–Trinajstić information content (AvgIpc) is 2.66. The maximum atomic E-state index is 11.9. The second-order valence-electron chi connectivity index (χ2n) is 5.87. The van der Waals surface area contributed by atoms with Gasteiger partial charge in [-0.2, -0.15) is 0 Å². The molecule has 4 nitrogen and oxygen atoms in total. The third kappa shape index (κ3) is 7.17. The molecule has 0 radical (unpaired) electrons. The second-order valence-corrected chi connectivity index (χ2v) is 7.70. The Labute approximate surface area is 174 Å². The van der Waals surface area contributed by atoms with E-state index in [2.05, 4.69) is 5.32 Å². The van der Waals surface area contributed by atoms with E-state index in [0.717, 1.165) is 29.7 Å². The summed E-state index contributed by atoms with van der Waals surface area (Å²) in [6.07, 6.45) is 1.71. The van der Waals surface area contributed by atoms with Crippen LogP contribution in [0, 0.1) is 0 Å². The van der Waals surface area contributed by atoms with E-state index in [1.54, 1.807) is 26.4 Å². The summed E-state index contributed by atoms with van der Waals surface area (Å²) in [4.78, 5) is 11.9. The van der Waals surface area contributed by atoms with E-state index >= 15 is 0 Å². The van der Waals surface area contributed by atoms with Gasteiger partial charge in [-0.25, -0.2) is 0 Å². The van der Waals surface area contributed by atoms with Crippen molar-refractivity contribution < 1.29 is 14.3 Å². The van der Waals surface area contributed by atoms with Crippen LogP contribution in [0.15, 0.2) is 36.4 Å². The van der Waals surface area contributed by atoms with Crippen LogP contribution in [0.3, 0.4) is 0 Å². The lowest BCUT2D eigenvalue weighted by Gasteiger charge is -2.10. The van der Waals surface area contributed by atoms with Gasteiger partial charge in [-0.05, 0) is 48.2 Å². The minimum Gasteiger partial charge on any atom is -0.493 e. The van der Waals surface area contributed by atoms with Gasteiger partial charge in [0.2, 0.25) is 5.91 Å². The van der Waals surface area contributed by atoms with Crippen LogP contribution in [-0.2, 0) is 17.0 Å². The Morgan fingerprint density at radius 3 is 2.56 bits per heavy atom. The van der Waals surface area contributed by atoms with Crippen LogP contribution in [0.5, 0.6) is 11.5 Å². The number of hydrogen-bond acceptors (Lipinski definition) is 4. The van der Waals surface area contributed by atoms with Crippen molar-refractivity contribution in [1.29, 1.82) is 0 Å². The highest BCUT2D eigenvalue weighted by atomic mass is 35.5. The Kier molecular flexibility index (Phi) is 9.11. The van der Waals surface area contributed by atoms with Crippen LogP contribution in [0.1, 0.15) is 17.5 Å². The molecule has 0 aliphatic carbocycles. The van der Waals surface area contributed by atoms with Crippen LogP contribution in [-0.4, -0.2) is 32.4 Å². The van der Waals surface area contributed by atoms with Crippen LogP contribution < -0.4 is 14.8 Å². The number of methoxy groups -OCH3 is 2. The molecule has 0 bridgehead atoms. The van der Waals surface area contributed by atoms with Crippen molar-refractivity contribution >= 4 is 40.9 Å². The molecule has 0 atom stereocenters. The number of carbonyl (C=O) groups excluding carboxylic acids is 1. The van der Waals surface area contributed by atoms with E-state index < -0.39 is 0 Å². The van der Waals surface area contributed by atoms with Crippen LogP contribution >= 0.6 is 35.0 Å². The topological polar surface area (TPSA) is 47.6 Å². The summed E-state index contributed by atoms with van der Waals surface area (Å²) in [6, 6.07) is 11.3. The average molecular weight is 428 g/mol. The molecule has 2 aromatic carbocycles. The number of nitrogens with one attached hydrogen (secondary N) is 1. The van der Waals surface area contributed by atoms with Gasteiger partial charge in [0.15, 0.2) is 11.5 Å². The maximum absolute atomic E-state index is 11.9. The first-order valence-electron chi connectivity index (χ1n) is 8.52. The number of thioether (sulfide) groups is 1. The monoisotopic (exact) mass is 427 g/mol. The van der Waals surface area contributed by atoms with Crippen molar-refractivity contribution in [3.8, 4) is 11.5 Å². The molecule has 146 valence electrons. The van der Waals surface area contributed by atoms with E-state index in [-0.39, 0.29) is 5.91 Å². The van der Waals surface area contributed by atoms with E-state index in [9.17, 15) is 4.79 Å². The third-order valence-electron chi connectivity index (χ3n) is 3.92. The molecule has 1 N–H and O–H groups in total. The van der Waals surface area contributed by atoms with Crippen molar-refractivity contribution in [2.45, 2.75) is 18.6 Å². The van der Waals surface area contributed by atoms with E-state index in [1.165, 1.54) is 11.8 Å².